The number of methoxy groups -OCH3 is 1. The van der Waals surface area contributed by atoms with Crippen molar-refractivity contribution < 1.29 is 13.9 Å². The lowest BCUT2D eigenvalue weighted by Gasteiger charge is -2.20. The summed E-state index contributed by atoms with van der Waals surface area (Å²) in [4.78, 5) is 14.7. The highest BCUT2D eigenvalue weighted by atomic mass is 16.5. The quantitative estimate of drug-likeness (QED) is 0.674. The summed E-state index contributed by atoms with van der Waals surface area (Å²) >= 11 is 0. The van der Waals surface area contributed by atoms with Crippen LogP contribution in [0, 0.1) is 6.92 Å². The van der Waals surface area contributed by atoms with E-state index in [2.05, 4.69) is 44.0 Å². The highest BCUT2D eigenvalue weighted by molar-refractivity contribution is 5.91. The van der Waals surface area contributed by atoms with E-state index < -0.39 is 0 Å². The smallest absolute Gasteiger partial charge is 0.287 e. The molecule has 0 radical (unpaired) electrons. The number of rotatable bonds is 6. The third-order valence-corrected chi connectivity index (χ3v) is 5.49. The Balaban J connectivity index is 1.41. The van der Waals surface area contributed by atoms with Crippen LogP contribution in [0.5, 0.6) is 5.75 Å². The molecule has 1 aromatic carbocycles. The maximum absolute atomic E-state index is 12.3. The first-order valence-electron chi connectivity index (χ1n) is 10.2. The number of fused-ring (bicyclic) bond motifs is 1. The molecule has 4 rings (SSSR count). The van der Waals surface area contributed by atoms with Crippen molar-refractivity contribution in [2.75, 3.05) is 20.2 Å². The third kappa shape index (κ3) is 4.23. The zero-order valence-electron chi connectivity index (χ0n) is 17.6. The van der Waals surface area contributed by atoms with E-state index in [9.17, 15) is 4.79 Å². The third-order valence-electron chi connectivity index (χ3n) is 5.49. The van der Waals surface area contributed by atoms with E-state index in [1.54, 1.807) is 19.2 Å². The average Bonchev–Trinajstić information content (AvgIpc) is 3.37. The molecule has 1 N–H and O–H groups in total. The van der Waals surface area contributed by atoms with Crippen LogP contribution in [0.1, 0.15) is 46.3 Å². The Morgan fingerprint density at radius 2 is 2.13 bits per heavy atom. The molecule has 1 atom stereocenters. The van der Waals surface area contributed by atoms with Crippen molar-refractivity contribution in [1.29, 1.82) is 0 Å². The van der Waals surface area contributed by atoms with Gasteiger partial charge < -0.3 is 19.0 Å². The topological polar surface area (TPSA) is 85.4 Å². The normalized spacial score (nSPS) is 15.3. The Bertz CT molecular complexity index is 1010. The fourth-order valence-corrected chi connectivity index (χ4v) is 3.90. The lowest BCUT2D eigenvalue weighted by Crippen LogP contribution is -2.30. The molecule has 0 bridgehead atoms. The highest BCUT2D eigenvalue weighted by Crippen LogP contribution is 2.21. The maximum atomic E-state index is 12.3. The number of ether oxygens (including phenoxy) is 1. The number of nitrogens with one attached hydrogen (secondary N) is 1. The first kappa shape index (κ1) is 20.2. The van der Waals surface area contributed by atoms with Crippen LogP contribution in [-0.4, -0.2) is 45.8 Å². The Kier molecular flexibility index (Phi) is 5.85. The van der Waals surface area contributed by atoms with Crippen molar-refractivity contribution in [3.63, 3.8) is 0 Å². The molecule has 1 aliphatic heterocycles. The molecule has 2 aromatic heterocycles. The van der Waals surface area contributed by atoms with Crippen LogP contribution >= 0.6 is 0 Å². The number of nitrogens with zero attached hydrogens (tertiary/aromatic N) is 4. The van der Waals surface area contributed by atoms with E-state index >= 15 is 0 Å². The Morgan fingerprint density at radius 3 is 2.87 bits per heavy atom. The summed E-state index contributed by atoms with van der Waals surface area (Å²) in [5, 5.41) is 11.7. The molecule has 8 nitrogen and oxygen atoms in total. The van der Waals surface area contributed by atoms with E-state index in [4.69, 9.17) is 9.15 Å². The van der Waals surface area contributed by atoms with Crippen LogP contribution in [0.4, 0.5) is 0 Å². The van der Waals surface area contributed by atoms with E-state index in [1.165, 1.54) is 11.8 Å². The highest BCUT2D eigenvalue weighted by Gasteiger charge is 2.23. The molecule has 3 aromatic rings. The van der Waals surface area contributed by atoms with Gasteiger partial charge in [-0.3, -0.25) is 9.69 Å². The predicted octanol–water partition coefficient (Wildman–Crippen LogP) is 2.74. The summed E-state index contributed by atoms with van der Waals surface area (Å²) in [7, 11) is 1.70. The van der Waals surface area contributed by atoms with Gasteiger partial charge in [0.25, 0.3) is 5.91 Å². The standard InChI is InChI=1S/C22H27N5O3/c1-15-13-17(6-7-18(15)29-3)14-26-9-8-20-24-25-21(27(20)11-10-26)16(2)23-22(28)19-5-4-12-30-19/h4-7,12-13,16H,8-11,14H2,1-3H3,(H,23,28)/t16-/m0/s1. The van der Waals surface area contributed by atoms with Crippen LogP contribution in [0.25, 0.3) is 0 Å². The minimum absolute atomic E-state index is 0.255. The number of aromatic nitrogens is 3. The first-order chi connectivity index (χ1) is 14.5. The summed E-state index contributed by atoms with van der Waals surface area (Å²) < 4.78 is 12.7. The molecule has 8 heteroatoms. The number of hydrogen-bond acceptors (Lipinski definition) is 6. The zero-order chi connectivity index (χ0) is 21.1. The van der Waals surface area contributed by atoms with Gasteiger partial charge in [-0.05, 0) is 43.2 Å². The lowest BCUT2D eigenvalue weighted by molar-refractivity contribution is 0.0909. The number of benzene rings is 1. The van der Waals surface area contributed by atoms with Gasteiger partial charge in [-0.25, -0.2) is 0 Å². The summed E-state index contributed by atoms with van der Waals surface area (Å²) in [6, 6.07) is 9.40. The summed E-state index contributed by atoms with van der Waals surface area (Å²) in [6.07, 6.45) is 2.31. The Hall–Kier alpha value is -3.13. The number of carbonyl (C=O) groups excluding carboxylic acids is 1. The largest absolute Gasteiger partial charge is 0.496 e. The fraction of sp³-hybridized carbons (Fsp3) is 0.409. The second-order valence-corrected chi connectivity index (χ2v) is 7.63. The van der Waals surface area contributed by atoms with Crippen LogP contribution < -0.4 is 10.1 Å². The number of amides is 1. The first-order valence-corrected chi connectivity index (χ1v) is 10.2. The van der Waals surface area contributed by atoms with Gasteiger partial charge in [0.15, 0.2) is 11.6 Å². The minimum Gasteiger partial charge on any atom is -0.496 e. The summed E-state index contributed by atoms with van der Waals surface area (Å²) in [6.45, 7) is 7.45. The molecule has 0 saturated carbocycles. The fourth-order valence-electron chi connectivity index (χ4n) is 3.90. The van der Waals surface area contributed by atoms with Crippen LogP contribution in [-0.2, 0) is 19.5 Å². The molecule has 0 unspecified atom stereocenters. The van der Waals surface area contributed by atoms with Gasteiger partial charge in [0.1, 0.15) is 11.6 Å². The van der Waals surface area contributed by atoms with Crippen molar-refractivity contribution >= 4 is 5.91 Å². The van der Waals surface area contributed by atoms with Gasteiger partial charge in [0, 0.05) is 32.6 Å². The number of hydrogen-bond donors (Lipinski definition) is 1. The number of carbonyl (C=O) groups is 1. The van der Waals surface area contributed by atoms with E-state index in [1.807, 2.05) is 13.0 Å². The second-order valence-electron chi connectivity index (χ2n) is 7.63. The summed E-state index contributed by atoms with van der Waals surface area (Å²) in [5.74, 6) is 2.67. The van der Waals surface area contributed by atoms with Gasteiger partial charge in [-0.2, -0.15) is 0 Å². The summed E-state index contributed by atoms with van der Waals surface area (Å²) in [5.41, 5.74) is 2.41. The van der Waals surface area contributed by atoms with Crippen LogP contribution in [0.15, 0.2) is 41.0 Å². The van der Waals surface area contributed by atoms with E-state index in [-0.39, 0.29) is 11.9 Å². The molecule has 3 heterocycles. The molecule has 0 spiro atoms. The lowest BCUT2D eigenvalue weighted by atomic mass is 10.1. The molecule has 0 saturated heterocycles. The Labute approximate surface area is 175 Å². The average molecular weight is 409 g/mol. The zero-order valence-corrected chi connectivity index (χ0v) is 17.6. The molecular formula is C22H27N5O3. The van der Waals surface area contributed by atoms with Crippen LogP contribution in [0.3, 0.4) is 0 Å². The predicted molar refractivity (Wildman–Crippen MR) is 111 cm³/mol. The van der Waals surface area contributed by atoms with E-state index in [0.29, 0.717) is 5.76 Å². The van der Waals surface area contributed by atoms with Gasteiger partial charge >= 0.3 is 0 Å². The van der Waals surface area contributed by atoms with E-state index in [0.717, 1.165) is 55.6 Å². The van der Waals surface area contributed by atoms with Gasteiger partial charge in [0.2, 0.25) is 0 Å². The van der Waals surface area contributed by atoms with Crippen LogP contribution in [0.2, 0.25) is 0 Å². The van der Waals surface area contributed by atoms with Gasteiger partial charge in [0.05, 0.1) is 19.4 Å². The van der Waals surface area contributed by atoms with Crippen molar-refractivity contribution in [3.8, 4) is 5.75 Å². The number of aryl methyl sites for hydroxylation is 1. The molecule has 158 valence electrons. The maximum Gasteiger partial charge on any atom is 0.287 e. The molecule has 30 heavy (non-hydrogen) atoms. The van der Waals surface area contributed by atoms with Crippen molar-refractivity contribution in [2.45, 2.75) is 39.4 Å². The molecule has 0 aliphatic carbocycles. The second kappa shape index (κ2) is 8.71. The monoisotopic (exact) mass is 409 g/mol. The minimum atomic E-state index is -0.264. The molecule has 1 aliphatic rings. The SMILES string of the molecule is COc1ccc(CN2CCc3nnc([C@H](C)NC(=O)c4ccco4)n3CC2)cc1C. The van der Waals surface area contributed by atoms with Gasteiger partial charge in [-0.1, -0.05) is 12.1 Å². The van der Waals surface area contributed by atoms with Gasteiger partial charge in [-0.15, -0.1) is 10.2 Å². The molecular weight excluding hydrogens is 382 g/mol. The Morgan fingerprint density at radius 1 is 1.27 bits per heavy atom. The van der Waals surface area contributed by atoms with Crippen molar-refractivity contribution in [1.82, 2.24) is 25.0 Å². The van der Waals surface area contributed by atoms with Crippen molar-refractivity contribution in [2.24, 2.45) is 0 Å². The number of furan rings is 1. The van der Waals surface area contributed by atoms with Crippen molar-refractivity contribution in [3.05, 3.63) is 65.1 Å². The molecule has 1 amide bonds. The molecule has 0 fully saturated rings.